The number of halogens is 1. The fourth-order valence-electron chi connectivity index (χ4n) is 3.85. The van der Waals surface area contributed by atoms with Crippen molar-refractivity contribution in [3.63, 3.8) is 0 Å². The lowest BCUT2D eigenvalue weighted by Crippen LogP contribution is -2.45. The Morgan fingerprint density at radius 3 is 2.48 bits per heavy atom. The monoisotopic (exact) mass is 387 g/mol. The first-order valence-electron chi connectivity index (χ1n) is 9.01. The van der Waals surface area contributed by atoms with Gasteiger partial charge in [0.05, 0.1) is 29.5 Å². The van der Waals surface area contributed by atoms with Gasteiger partial charge in [0.2, 0.25) is 5.91 Å². The molecule has 2 aliphatic rings. The van der Waals surface area contributed by atoms with Crippen molar-refractivity contribution in [2.75, 3.05) is 22.9 Å². The van der Waals surface area contributed by atoms with E-state index in [-0.39, 0.29) is 18.1 Å². The Kier molecular flexibility index (Phi) is 4.31. The molecule has 0 aliphatic carbocycles. The minimum Gasteiger partial charge on any atom is -0.372 e. The van der Waals surface area contributed by atoms with E-state index in [9.17, 15) is 4.79 Å². The van der Waals surface area contributed by atoms with Crippen LogP contribution in [0, 0.1) is 0 Å². The van der Waals surface area contributed by atoms with Crippen molar-refractivity contribution in [3.8, 4) is 0 Å². The normalized spacial score (nSPS) is 24.3. The first kappa shape index (κ1) is 18.1. The molecule has 0 spiro atoms. The lowest BCUT2D eigenvalue weighted by Gasteiger charge is -2.36. The summed E-state index contributed by atoms with van der Waals surface area (Å²) in [6.45, 7) is 9.37. The summed E-state index contributed by atoms with van der Waals surface area (Å²) in [5.74, 6) is 1.30. The van der Waals surface area contributed by atoms with E-state index in [4.69, 9.17) is 16.3 Å². The van der Waals surface area contributed by atoms with E-state index in [2.05, 4.69) is 33.7 Å². The summed E-state index contributed by atoms with van der Waals surface area (Å²) in [7, 11) is 0. The van der Waals surface area contributed by atoms with Crippen molar-refractivity contribution in [1.82, 2.24) is 15.0 Å². The molecule has 8 heteroatoms. The van der Waals surface area contributed by atoms with Gasteiger partial charge in [-0.3, -0.25) is 9.69 Å². The number of anilines is 3. The number of pyridine rings is 1. The van der Waals surface area contributed by atoms with Gasteiger partial charge >= 0.3 is 0 Å². The molecular formula is C19H22ClN5O2. The Hall–Kier alpha value is -2.25. The molecule has 142 valence electrons. The molecule has 0 N–H and O–H groups in total. The van der Waals surface area contributed by atoms with Crippen LogP contribution in [-0.4, -0.2) is 46.2 Å². The van der Waals surface area contributed by atoms with Crippen molar-refractivity contribution in [1.29, 1.82) is 0 Å². The molecule has 1 fully saturated rings. The summed E-state index contributed by atoms with van der Waals surface area (Å²) in [5.41, 5.74) is 0.526. The van der Waals surface area contributed by atoms with Gasteiger partial charge in [0.1, 0.15) is 23.1 Å². The van der Waals surface area contributed by atoms with Crippen LogP contribution >= 0.6 is 11.6 Å². The van der Waals surface area contributed by atoms with Crippen LogP contribution < -0.4 is 9.80 Å². The van der Waals surface area contributed by atoms with Gasteiger partial charge in [-0.05, 0) is 39.8 Å². The number of fused-ring (bicyclic) bond motifs is 1. The van der Waals surface area contributed by atoms with Gasteiger partial charge in [-0.25, -0.2) is 15.0 Å². The van der Waals surface area contributed by atoms with Gasteiger partial charge in [0.25, 0.3) is 0 Å². The van der Waals surface area contributed by atoms with E-state index >= 15 is 0 Å². The molecule has 1 amide bonds. The molecule has 27 heavy (non-hydrogen) atoms. The zero-order chi connectivity index (χ0) is 19.3. The zero-order valence-electron chi connectivity index (χ0n) is 15.8. The average Bonchev–Trinajstić information content (AvgIpc) is 2.81. The maximum atomic E-state index is 13.1. The maximum Gasteiger partial charge on any atom is 0.243 e. The van der Waals surface area contributed by atoms with Crippen LogP contribution in [0.2, 0.25) is 5.15 Å². The molecular weight excluding hydrogens is 366 g/mol. The molecule has 0 bridgehead atoms. The summed E-state index contributed by atoms with van der Waals surface area (Å²) in [5, 5.41) is 0.307. The van der Waals surface area contributed by atoms with Gasteiger partial charge in [-0.2, -0.15) is 0 Å². The molecule has 4 heterocycles. The highest BCUT2D eigenvalue weighted by Crippen LogP contribution is 2.46. The number of aromatic nitrogens is 3. The molecule has 0 saturated carbocycles. The minimum absolute atomic E-state index is 0.0944. The minimum atomic E-state index is -0.790. The van der Waals surface area contributed by atoms with E-state index in [1.165, 1.54) is 6.33 Å². The highest BCUT2D eigenvalue weighted by Gasteiger charge is 2.47. The third-order valence-electron chi connectivity index (χ3n) is 5.09. The topological polar surface area (TPSA) is 71.5 Å². The van der Waals surface area contributed by atoms with E-state index in [1.54, 1.807) is 11.1 Å². The standard InChI is InChI=1S/C19H22ClN5O2/c1-11-8-24(9-12(2)27-11)14-6-5-13(7-21-14)25-17-15(16(20)22-10-23-17)19(3,4)18(25)26/h5-7,10-12H,8-9H2,1-4H3/t11-,12+. The van der Waals surface area contributed by atoms with Gasteiger partial charge in [0.15, 0.2) is 0 Å². The zero-order valence-corrected chi connectivity index (χ0v) is 16.6. The second kappa shape index (κ2) is 6.42. The summed E-state index contributed by atoms with van der Waals surface area (Å²) in [4.78, 5) is 29.8. The third kappa shape index (κ3) is 2.95. The summed E-state index contributed by atoms with van der Waals surface area (Å²) in [6, 6.07) is 3.83. The molecule has 2 atom stereocenters. The molecule has 2 aliphatic heterocycles. The number of hydrogen-bond acceptors (Lipinski definition) is 6. The number of nitrogens with zero attached hydrogens (tertiary/aromatic N) is 5. The van der Waals surface area contributed by atoms with Crippen LogP contribution in [0.1, 0.15) is 33.3 Å². The van der Waals surface area contributed by atoms with Crippen molar-refractivity contribution in [2.45, 2.75) is 45.3 Å². The van der Waals surface area contributed by atoms with Crippen LogP contribution in [0.25, 0.3) is 0 Å². The van der Waals surface area contributed by atoms with Gasteiger partial charge < -0.3 is 9.64 Å². The number of carbonyl (C=O) groups is 1. The number of carbonyl (C=O) groups excluding carboxylic acids is 1. The Morgan fingerprint density at radius 2 is 1.85 bits per heavy atom. The van der Waals surface area contributed by atoms with Crippen LogP contribution in [-0.2, 0) is 14.9 Å². The first-order valence-corrected chi connectivity index (χ1v) is 9.39. The molecule has 1 saturated heterocycles. The number of rotatable bonds is 2. The van der Waals surface area contributed by atoms with Crippen molar-refractivity contribution in [2.24, 2.45) is 0 Å². The summed E-state index contributed by atoms with van der Waals surface area (Å²) in [6.07, 6.45) is 3.39. The predicted molar refractivity (Wildman–Crippen MR) is 104 cm³/mol. The molecule has 0 aromatic carbocycles. The van der Waals surface area contributed by atoms with E-state index < -0.39 is 5.41 Å². The number of ether oxygens (including phenoxy) is 1. The van der Waals surface area contributed by atoms with Crippen LogP contribution in [0.3, 0.4) is 0 Å². The largest absolute Gasteiger partial charge is 0.372 e. The van der Waals surface area contributed by atoms with E-state index in [0.29, 0.717) is 22.2 Å². The number of amides is 1. The highest BCUT2D eigenvalue weighted by molar-refractivity contribution is 6.32. The lowest BCUT2D eigenvalue weighted by atomic mass is 9.88. The molecule has 0 radical (unpaired) electrons. The van der Waals surface area contributed by atoms with Gasteiger partial charge in [0, 0.05) is 18.7 Å². The Bertz CT molecular complexity index is 876. The average molecular weight is 388 g/mol. The van der Waals surface area contributed by atoms with Crippen LogP contribution in [0.4, 0.5) is 17.3 Å². The Labute approximate surface area is 163 Å². The van der Waals surface area contributed by atoms with Crippen molar-refractivity contribution < 1.29 is 9.53 Å². The Balaban J connectivity index is 1.67. The summed E-state index contributed by atoms with van der Waals surface area (Å²) >= 11 is 6.26. The molecule has 4 rings (SSSR count). The Morgan fingerprint density at radius 1 is 1.15 bits per heavy atom. The van der Waals surface area contributed by atoms with Crippen LogP contribution in [0.15, 0.2) is 24.7 Å². The van der Waals surface area contributed by atoms with Gasteiger partial charge in [-0.1, -0.05) is 11.6 Å². The summed E-state index contributed by atoms with van der Waals surface area (Å²) < 4.78 is 5.78. The second-order valence-electron chi connectivity index (χ2n) is 7.67. The maximum absolute atomic E-state index is 13.1. The van der Waals surface area contributed by atoms with Gasteiger partial charge in [-0.15, -0.1) is 0 Å². The fraction of sp³-hybridized carbons (Fsp3) is 0.474. The fourth-order valence-corrected chi connectivity index (χ4v) is 4.21. The molecule has 0 unspecified atom stereocenters. The van der Waals surface area contributed by atoms with Crippen molar-refractivity contribution >= 4 is 34.8 Å². The smallest absolute Gasteiger partial charge is 0.243 e. The quantitative estimate of drug-likeness (QED) is 0.737. The lowest BCUT2D eigenvalue weighted by molar-refractivity contribution is -0.121. The SMILES string of the molecule is C[C@@H]1CN(c2ccc(N3C(=O)C(C)(C)c4c(Cl)ncnc43)cn2)C[C@H](C)O1. The molecule has 2 aromatic heterocycles. The molecule has 2 aromatic rings. The second-order valence-corrected chi connectivity index (χ2v) is 8.02. The predicted octanol–water partition coefficient (Wildman–Crippen LogP) is 3.09. The third-order valence-corrected chi connectivity index (χ3v) is 5.38. The van der Waals surface area contributed by atoms with Crippen molar-refractivity contribution in [3.05, 3.63) is 35.4 Å². The number of hydrogen-bond donors (Lipinski definition) is 0. The number of morpholine rings is 1. The van der Waals surface area contributed by atoms with E-state index in [1.807, 2.05) is 26.0 Å². The highest BCUT2D eigenvalue weighted by atomic mass is 35.5. The first-order chi connectivity index (χ1) is 12.8. The van der Waals surface area contributed by atoms with E-state index in [0.717, 1.165) is 18.9 Å². The molecule has 7 nitrogen and oxygen atoms in total. The van der Waals surface area contributed by atoms with Crippen LogP contribution in [0.5, 0.6) is 0 Å².